The van der Waals surface area contributed by atoms with Crippen LogP contribution in [-0.4, -0.2) is 27.6 Å². The molecule has 4 rings (SSSR count). The van der Waals surface area contributed by atoms with Crippen LogP contribution in [-0.2, 0) is 17.8 Å². The Morgan fingerprint density at radius 2 is 1.84 bits per heavy atom. The van der Waals surface area contributed by atoms with Crippen LogP contribution in [0.5, 0.6) is 0 Å². The largest absolute Gasteiger partial charge is 0.324 e. The normalized spacial score (nSPS) is 14.9. The molecule has 7 heteroatoms. The van der Waals surface area contributed by atoms with Crippen molar-refractivity contribution >= 4 is 23.2 Å². The highest BCUT2D eigenvalue weighted by Gasteiger charge is 2.32. The van der Waals surface area contributed by atoms with Crippen molar-refractivity contribution in [3.63, 3.8) is 0 Å². The molecule has 1 aliphatic heterocycles. The van der Waals surface area contributed by atoms with Crippen molar-refractivity contribution in [3.05, 3.63) is 87.3 Å². The van der Waals surface area contributed by atoms with Gasteiger partial charge in [0.05, 0.1) is 0 Å². The van der Waals surface area contributed by atoms with E-state index in [9.17, 15) is 14.4 Å². The highest BCUT2D eigenvalue weighted by atomic mass is 16.2. The number of para-hydroxylation sites is 1. The number of hydrogen-bond donors (Lipinski definition) is 1. The Kier molecular flexibility index (Phi) is 5.42. The van der Waals surface area contributed by atoms with Crippen molar-refractivity contribution < 1.29 is 9.59 Å². The minimum Gasteiger partial charge on any atom is -0.324 e. The van der Waals surface area contributed by atoms with Gasteiger partial charge in [0.1, 0.15) is 12.2 Å². The van der Waals surface area contributed by atoms with Crippen molar-refractivity contribution in [1.29, 1.82) is 0 Å². The quantitative estimate of drug-likeness (QED) is 0.708. The number of hydrogen-bond acceptors (Lipinski definition) is 4. The Morgan fingerprint density at radius 3 is 2.65 bits per heavy atom. The molecule has 1 N–H and O–H groups in total. The molecule has 0 aliphatic carbocycles. The zero-order valence-corrected chi connectivity index (χ0v) is 17.8. The first-order valence-electron chi connectivity index (χ1n) is 10.2. The molecule has 1 atom stereocenters. The molecule has 2 heterocycles. The Balaban J connectivity index is 1.56. The molecule has 0 spiro atoms. The van der Waals surface area contributed by atoms with Gasteiger partial charge in [-0.15, -0.1) is 0 Å². The van der Waals surface area contributed by atoms with Crippen LogP contribution in [0.1, 0.15) is 34.1 Å². The van der Waals surface area contributed by atoms with Crippen LogP contribution in [0.3, 0.4) is 0 Å². The standard InChI is InChI=1S/C24H24N4O3/c1-15-7-6-9-19(17(15)3)25-22(29)14-27-23(30)12-11-20(26-27)24(31)28-16(2)13-18-8-4-5-10-21(18)28/h4-12,16H,13-14H2,1-3H3,(H,25,29)/t16-/m1/s1. The fourth-order valence-electron chi connectivity index (χ4n) is 3.89. The molecule has 1 aliphatic rings. The van der Waals surface area contributed by atoms with Crippen LogP contribution in [0, 0.1) is 13.8 Å². The summed E-state index contributed by atoms with van der Waals surface area (Å²) in [5, 5.41) is 7.01. The Hall–Kier alpha value is -3.74. The molecule has 0 saturated carbocycles. The number of amides is 2. The fourth-order valence-corrected chi connectivity index (χ4v) is 3.89. The van der Waals surface area contributed by atoms with Crippen molar-refractivity contribution in [2.24, 2.45) is 0 Å². The van der Waals surface area contributed by atoms with E-state index in [0.717, 1.165) is 33.5 Å². The van der Waals surface area contributed by atoms with Crippen LogP contribution in [0.4, 0.5) is 11.4 Å². The molecule has 0 fully saturated rings. The minimum atomic E-state index is -0.442. The Bertz CT molecular complexity index is 1230. The monoisotopic (exact) mass is 416 g/mol. The molecule has 31 heavy (non-hydrogen) atoms. The second-order valence-electron chi connectivity index (χ2n) is 7.87. The molecular weight excluding hydrogens is 392 g/mol. The van der Waals surface area contributed by atoms with Crippen molar-refractivity contribution in [2.45, 2.75) is 39.8 Å². The molecule has 7 nitrogen and oxygen atoms in total. The second kappa shape index (κ2) is 8.18. The van der Waals surface area contributed by atoms with Crippen molar-refractivity contribution in [2.75, 3.05) is 10.2 Å². The van der Waals surface area contributed by atoms with Gasteiger partial charge >= 0.3 is 0 Å². The minimum absolute atomic E-state index is 0.0142. The first-order valence-corrected chi connectivity index (χ1v) is 10.2. The van der Waals surface area contributed by atoms with Crippen LogP contribution >= 0.6 is 0 Å². The van der Waals surface area contributed by atoms with E-state index in [1.54, 1.807) is 4.90 Å². The van der Waals surface area contributed by atoms with Gasteiger partial charge in [-0.1, -0.05) is 30.3 Å². The summed E-state index contributed by atoms with van der Waals surface area (Å²) in [6, 6.07) is 16.1. The van der Waals surface area contributed by atoms with Crippen LogP contribution in [0.2, 0.25) is 0 Å². The second-order valence-corrected chi connectivity index (χ2v) is 7.87. The van der Waals surface area contributed by atoms with Crippen molar-refractivity contribution in [3.8, 4) is 0 Å². The van der Waals surface area contributed by atoms with E-state index in [4.69, 9.17) is 0 Å². The lowest BCUT2D eigenvalue weighted by Crippen LogP contribution is -2.38. The summed E-state index contributed by atoms with van der Waals surface area (Å²) in [6.45, 7) is 5.58. The zero-order chi connectivity index (χ0) is 22.1. The highest BCUT2D eigenvalue weighted by molar-refractivity contribution is 6.06. The molecule has 158 valence electrons. The molecule has 1 aromatic heterocycles. The number of nitrogens with one attached hydrogen (secondary N) is 1. The van der Waals surface area contributed by atoms with Gasteiger partial charge in [0.2, 0.25) is 5.91 Å². The van der Waals surface area contributed by atoms with E-state index >= 15 is 0 Å². The Labute approximate surface area is 180 Å². The molecule has 0 unspecified atom stereocenters. The summed E-state index contributed by atoms with van der Waals surface area (Å²) in [5.74, 6) is -0.672. The lowest BCUT2D eigenvalue weighted by Gasteiger charge is -2.22. The molecule has 0 radical (unpaired) electrons. The van der Waals surface area contributed by atoms with Gasteiger partial charge in [0.15, 0.2) is 0 Å². The predicted octanol–water partition coefficient (Wildman–Crippen LogP) is 3.09. The number of rotatable bonds is 4. The van der Waals surface area contributed by atoms with E-state index in [-0.39, 0.29) is 30.1 Å². The number of nitrogens with zero attached hydrogens (tertiary/aromatic N) is 3. The number of carbonyl (C=O) groups excluding carboxylic acids is 2. The number of benzene rings is 2. The van der Waals surface area contributed by atoms with Crippen LogP contribution in [0.15, 0.2) is 59.4 Å². The molecule has 0 bridgehead atoms. The summed E-state index contributed by atoms with van der Waals surface area (Å²) in [6.07, 6.45) is 0.764. The molecule has 3 aromatic rings. The number of carbonyl (C=O) groups is 2. The van der Waals surface area contributed by atoms with Gasteiger partial charge in [0, 0.05) is 23.5 Å². The van der Waals surface area contributed by atoms with E-state index in [1.165, 1.54) is 12.1 Å². The van der Waals surface area contributed by atoms with Gasteiger partial charge in [-0.05, 0) is 62.1 Å². The maximum absolute atomic E-state index is 13.2. The predicted molar refractivity (Wildman–Crippen MR) is 119 cm³/mol. The number of anilines is 2. The van der Waals surface area contributed by atoms with Gasteiger partial charge in [-0.2, -0.15) is 5.10 Å². The first-order chi connectivity index (χ1) is 14.8. The number of aromatic nitrogens is 2. The maximum Gasteiger partial charge on any atom is 0.278 e. The van der Waals surface area contributed by atoms with Crippen molar-refractivity contribution in [1.82, 2.24) is 9.78 Å². The lowest BCUT2D eigenvalue weighted by molar-refractivity contribution is -0.117. The number of fused-ring (bicyclic) bond motifs is 1. The van der Waals surface area contributed by atoms with Gasteiger partial charge in [0.25, 0.3) is 11.5 Å². The molecule has 2 amide bonds. The third kappa shape index (κ3) is 3.99. The highest BCUT2D eigenvalue weighted by Crippen LogP contribution is 2.32. The summed E-state index contributed by atoms with van der Waals surface area (Å²) in [4.78, 5) is 39.7. The molecule has 0 saturated heterocycles. The maximum atomic E-state index is 13.2. The average molecular weight is 416 g/mol. The van der Waals surface area contributed by atoms with E-state index in [1.807, 2.05) is 63.2 Å². The molecule has 2 aromatic carbocycles. The van der Waals surface area contributed by atoms with Crippen LogP contribution < -0.4 is 15.8 Å². The first kappa shape index (κ1) is 20.5. The summed E-state index contributed by atoms with van der Waals surface area (Å²) in [7, 11) is 0. The summed E-state index contributed by atoms with van der Waals surface area (Å²) >= 11 is 0. The van der Waals surface area contributed by atoms with E-state index in [2.05, 4.69) is 10.4 Å². The van der Waals surface area contributed by atoms with Crippen LogP contribution in [0.25, 0.3) is 0 Å². The smallest absolute Gasteiger partial charge is 0.278 e. The zero-order valence-electron chi connectivity index (χ0n) is 17.8. The lowest BCUT2D eigenvalue weighted by atomic mass is 10.1. The Morgan fingerprint density at radius 1 is 1.06 bits per heavy atom. The summed E-state index contributed by atoms with van der Waals surface area (Å²) < 4.78 is 1.03. The topological polar surface area (TPSA) is 84.3 Å². The SMILES string of the molecule is Cc1cccc(NC(=O)Cn2nc(C(=O)N3c4ccccc4C[C@H]3C)ccc2=O)c1C. The third-order valence-corrected chi connectivity index (χ3v) is 5.68. The van der Waals surface area contributed by atoms with Gasteiger partial charge in [-0.25, -0.2) is 4.68 Å². The molecular formula is C24H24N4O3. The summed E-state index contributed by atoms with van der Waals surface area (Å²) in [5.41, 5.74) is 4.34. The third-order valence-electron chi connectivity index (χ3n) is 5.68. The van der Waals surface area contributed by atoms with Gasteiger partial charge in [-0.3, -0.25) is 14.4 Å². The van der Waals surface area contributed by atoms with E-state index in [0.29, 0.717) is 5.69 Å². The average Bonchev–Trinajstić information content (AvgIpc) is 3.08. The fraction of sp³-hybridized carbons (Fsp3) is 0.250. The van der Waals surface area contributed by atoms with Gasteiger partial charge < -0.3 is 10.2 Å². The van der Waals surface area contributed by atoms with E-state index < -0.39 is 5.56 Å². The number of aryl methyl sites for hydroxylation is 1.